The first kappa shape index (κ1) is 16.5. The molecule has 0 saturated heterocycles. The Bertz CT molecular complexity index is 445. The van der Waals surface area contributed by atoms with E-state index in [9.17, 15) is 4.79 Å². The summed E-state index contributed by atoms with van der Waals surface area (Å²) in [5.74, 6) is -0.269. The van der Waals surface area contributed by atoms with Gasteiger partial charge in [0.15, 0.2) is 6.10 Å². The van der Waals surface area contributed by atoms with E-state index in [-0.39, 0.29) is 6.04 Å². The van der Waals surface area contributed by atoms with Gasteiger partial charge in [0.2, 0.25) is 0 Å². The number of ether oxygens (including phenoxy) is 1. The standard InChI is InChI=1S/C16H25NO3/c1-5-9-17-12(4)13-10-11(3)7-8-15(13)20-14(6-2)16(18)19/h7-8,10,12,14,17H,5-6,9H2,1-4H3,(H,18,19). The second-order valence-corrected chi connectivity index (χ2v) is 5.07. The van der Waals surface area contributed by atoms with Crippen LogP contribution in [0.15, 0.2) is 18.2 Å². The Morgan fingerprint density at radius 1 is 1.40 bits per heavy atom. The molecule has 0 heterocycles. The second kappa shape index (κ2) is 7.90. The molecule has 2 N–H and O–H groups in total. The molecule has 0 saturated carbocycles. The number of carboxylic acid groups (broad SMARTS) is 1. The van der Waals surface area contributed by atoms with Gasteiger partial charge in [0.25, 0.3) is 0 Å². The molecule has 1 aromatic rings. The minimum atomic E-state index is -0.923. The van der Waals surface area contributed by atoms with E-state index in [1.807, 2.05) is 26.0 Å². The predicted molar refractivity (Wildman–Crippen MR) is 80.2 cm³/mol. The maximum atomic E-state index is 11.1. The summed E-state index contributed by atoms with van der Waals surface area (Å²) >= 11 is 0. The number of carboxylic acids is 1. The van der Waals surface area contributed by atoms with Gasteiger partial charge in [-0.2, -0.15) is 0 Å². The summed E-state index contributed by atoms with van der Waals surface area (Å²) in [7, 11) is 0. The smallest absolute Gasteiger partial charge is 0.344 e. The van der Waals surface area contributed by atoms with Crippen LogP contribution in [0.3, 0.4) is 0 Å². The fraction of sp³-hybridized carbons (Fsp3) is 0.562. The third kappa shape index (κ3) is 4.53. The van der Waals surface area contributed by atoms with Gasteiger partial charge in [0, 0.05) is 11.6 Å². The van der Waals surface area contributed by atoms with Crippen LogP contribution >= 0.6 is 0 Å². The zero-order valence-electron chi connectivity index (χ0n) is 12.8. The van der Waals surface area contributed by atoms with Gasteiger partial charge in [0.1, 0.15) is 5.75 Å². The summed E-state index contributed by atoms with van der Waals surface area (Å²) in [5, 5.41) is 12.5. The fourth-order valence-electron chi connectivity index (χ4n) is 2.05. The molecule has 0 aliphatic heterocycles. The Morgan fingerprint density at radius 3 is 2.65 bits per heavy atom. The average molecular weight is 279 g/mol. The number of rotatable bonds is 8. The highest BCUT2D eigenvalue weighted by Crippen LogP contribution is 2.27. The highest BCUT2D eigenvalue weighted by atomic mass is 16.5. The molecule has 4 nitrogen and oxygen atoms in total. The van der Waals surface area contributed by atoms with Crippen molar-refractivity contribution in [3.05, 3.63) is 29.3 Å². The van der Waals surface area contributed by atoms with Gasteiger partial charge in [0.05, 0.1) is 0 Å². The Balaban J connectivity index is 2.97. The third-order valence-electron chi connectivity index (χ3n) is 3.25. The lowest BCUT2D eigenvalue weighted by atomic mass is 10.0. The maximum Gasteiger partial charge on any atom is 0.344 e. The van der Waals surface area contributed by atoms with E-state index >= 15 is 0 Å². The summed E-state index contributed by atoms with van der Waals surface area (Å²) in [5.41, 5.74) is 2.15. The SMILES string of the molecule is CCCNC(C)c1cc(C)ccc1OC(CC)C(=O)O. The average Bonchev–Trinajstić information content (AvgIpc) is 2.42. The van der Waals surface area contributed by atoms with Crippen molar-refractivity contribution in [1.29, 1.82) is 0 Å². The number of hydrogen-bond donors (Lipinski definition) is 2. The molecular formula is C16H25NO3. The van der Waals surface area contributed by atoms with Gasteiger partial charge in [-0.3, -0.25) is 0 Å². The van der Waals surface area contributed by atoms with Crippen molar-refractivity contribution in [3.8, 4) is 5.75 Å². The molecule has 2 atom stereocenters. The van der Waals surface area contributed by atoms with Crippen LogP contribution in [-0.4, -0.2) is 23.7 Å². The zero-order valence-corrected chi connectivity index (χ0v) is 12.8. The molecule has 0 spiro atoms. The van der Waals surface area contributed by atoms with E-state index in [0.29, 0.717) is 12.2 Å². The minimum Gasteiger partial charge on any atom is -0.479 e. The molecule has 0 aliphatic carbocycles. The highest BCUT2D eigenvalue weighted by molar-refractivity contribution is 5.72. The lowest BCUT2D eigenvalue weighted by Gasteiger charge is -2.21. The summed E-state index contributed by atoms with van der Waals surface area (Å²) in [4.78, 5) is 11.1. The Hall–Kier alpha value is -1.55. The molecule has 0 bridgehead atoms. The van der Waals surface area contributed by atoms with Crippen molar-refractivity contribution in [3.63, 3.8) is 0 Å². The predicted octanol–water partition coefficient (Wildman–Crippen LogP) is 3.30. The fourth-order valence-corrected chi connectivity index (χ4v) is 2.05. The quantitative estimate of drug-likeness (QED) is 0.766. The maximum absolute atomic E-state index is 11.1. The number of nitrogens with one attached hydrogen (secondary N) is 1. The van der Waals surface area contributed by atoms with Crippen molar-refractivity contribution in [2.45, 2.75) is 52.7 Å². The van der Waals surface area contributed by atoms with Crippen LogP contribution in [0.5, 0.6) is 5.75 Å². The molecular weight excluding hydrogens is 254 g/mol. The van der Waals surface area contributed by atoms with Crippen LogP contribution in [0, 0.1) is 6.92 Å². The highest BCUT2D eigenvalue weighted by Gasteiger charge is 2.20. The molecule has 2 unspecified atom stereocenters. The Kier molecular flexibility index (Phi) is 6.52. The number of aliphatic carboxylic acids is 1. The normalized spacial score (nSPS) is 13.8. The van der Waals surface area contributed by atoms with Gasteiger partial charge in [-0.1, -0.05) is 31.5 Å². The van der Waals surface area contributed by atoms with Crippen molar-refractivity contribution < 1.29 is 14.6 Å². The van der Waals surface area contributed by atoms with E-state index in [1.165, 1.54) is 0 Å². The lowest BCUT2D eigenvalue weighted by Crippen LogP contribution is -2.27. The largest absolute Gasteiger partial charge is 0.479 e. The summed E-state index contributed by atoms with van der Waals surface area (Å²) < 4.78 is 5.67. The van der Waals surface area contributed by atoms with Crippen molar-refractivity contribution >= 4 is 5.97 Å². The zero-order chi connectivity index (χ0) is 15.1. The summed E-state index contributed by atoms with van der Waals surface area (Å²) in [6, 6.07) is 5.99. The summed E-state index contributed by atoms with van der Waals surface area (Å²) in [6.07, 6.45) is 0.702. The second-order valence-electron chi connectivity index (χ2n) is 5.07. The van der Waals surface area contributed by atoms with Crippen molar-refractivity contribution in [2.75, 3.05) is 6.54 Å². The van der Waals surface area contributed by atoms with Crippen molar-refractivity contribution in [2.24, 2.45) is 0 Å². The minimum absolute atomic E-state index is 0.135. The molecule has 20 heavy (non-hydrogen) atoms. The van der Waals surface area contributed by atoms with Gasteiger partial charge in [-0.05, 0) is 39.3 Å². The van der Waals surface area contributed by atoms with Crippen LogP contribution in [0.1, 0.15) is 50.8 Å². The van der Waals surface area contributed by atoms with E-state index < -0.39 is 12.1 Å². The first-order valence-corrected chi connectivity index (χ1v) is 7.22. The van der Waals surface area contributed by atoms with Crippen LogP contribution in [0.4, 0.5) is 0 Å². The van der Waals surface area contributed by atoms with E-state index in [0.717, 1.165) is 24.1 Å². The first-order chi connectivity index (χ1) is 9.49. The molecule has 0 aliphatic rings. The molecule has 0 amide bonds. The van der Waals surface area contributed by atoms with E-state index in [1.54, 1.807) is 0 Å². The topological polar surface area (TPSA) is 58.6 Å². The number of carbonyl (C=O) groups is 1. The number of hydrogen-bond acceptors (Lipinski definition) is 3. The van der Waals surface area contributed by atoms with E-state index in [4.69, 9.17) is 9.84 Å². The molecule has 1 aromatic carbocycles. The molecule has 1 rings (SSSR count). The van der Waals surface area contributed by atoms with Gasteiger partial charge in [-0.25, -0.2) is 4.79 Å². The molecule has 0 fully saturated rings. The van der Waals surface area contributed by atoms with Crippen LogP contribution in [-0.2, 0) is 4.79 Å². The number of aryl methyl sites for hydroxylation is 1. The molecule has 4 heteroatoms. The molecule has 0 aromatic heterocycles. The van der Waals surface area contributed by atoms with Crippen LogP contribution in [0.2, 0.25) is 0 Å². The molecule has 112 valence electrons. The van der Waals surface area contributed by atoms with E-state index in [2.05, 4.69) is 25.2 Å². The van der Waals surface area contributed by atoms with Crippen LogP contribution in [0.25, 0.3) is 0 Å². The first-order valence-electron chi connectivity index (χ1n) is 7.22. The summed E-state index contributed by atoms with van der Waals surface area (Å²) in [6.45, 7) is 8.94. The lowest BCUT2D eigenvalue weighted by molar-refractivity contribution is -0.145. The van der Waals surface area contributed by atoms with Gasteiger partial charge >= 0.3 is 5.97 Å². The van der Waals surface area contributed by atoms with Crippen LogP contribution < -0.4 is 10.1 Å². The Labute approximate surface area is 121 Å². The van der Waals surface area contributed by atoms with Crippen molar-refractivity contribution in [1.82, 2.24) is 5.32 Å². The number of benzene rings is 1. The third-order valence-corrected chi connectivity index (χ3v) is 3.25. The molecule has 0 radical (unpaired) electrons. The monoisotopic (exact) mass is 279 g/mol. The Morgan fingerprint density at radius 2 is 2.10 bits per heavy atom. The van der Waals surface area contributed by atoms with Gasteiger partial charge in [-0.15, -0.1) is 0 Å². The van der Waals surface area contributed by atoms with Gasteiger partial charge < -0.3 is 15.2 Å².